The quantitative estimate of drug-likeness (QED) is 0.848. The molecule has 0 aliphatic heterocycles. The summed E-state index contributed by atoms with van der Waals surface area (Å²) >= 11 is 3.57. The molecule has 1 N–H and O–H groups in total. The molecule has 0 aromatic carbocycles. The molecule has 2 aromatic rings. The lowest BCUT2D eigenvalue weighted by Crippen LogP contribution is -2.11. The van der Waals surface area contributed by atoms with Crippen LogP contribution < -0.4 is 5.32 Å². The first kappa shape index (κ1) is 14.6. The van der Waals surface area contributed by atoms with E-state index in [0.717, 1.165) is 38.0 Å². The van der Waals surface area contributed by atoms with Gasteiger partial charge < -0.3 is 5.32 Å². The molecule has 0 atom stereocenters. The van der Waals surface area contributed by atoms with Gasteiger partial charge in [0.25, 0.3) is 0 Å². The number of thiazole rings is 2. The first-order chi connectivity index (χ1) is 9.22. The Kier molecular flexibility index (Phi) is 5.48. The Morgan fingerprint density at radius 2 is 2.05 bits per heavy atom. The Balaban J connectivity index is 2.11. The first-order valence-corrected chi connectivity index (χ1v) is 8.51. The molecule has 0 unspecified atom stereocenters. The fraction of sp³-hybridized carbons (Fsp3) is 0.571. The van der Waals surface area contributed by atoms with Gasteiger partial charge in [-0.05, 0) is 19.9 Å². The molecular formula is C14H21N3S2. The van der Waals surface area contributed by atoms with Crippen LogP contribution in [0.15, 0.2) is 5.38 Å². The van der Waals surface area contributed by atoms with Gasteiger partial charge in [-0.1, -0.05) is 20.3 Å². The van der Waals surface area contributed by atoms with Crippen LogP contribution in [0.3, 0.4) is 0 Å². The lowest BCUT2D eigenvalue weighted by Gasteiger charge is -2.00. The standard InChI is InChI=1S/C14H21N3S2/c1-4-6-11-12(8-15-5-2)19-14(17-11)7-13-16-10(3)9-18-13/h9,15H,4-8H2,1-3H3. The van der Waals surface area contributed by atoms with Crippen LogP contribution in [0.2, 0.25) is 0 Å². The maximum Gasteiger partial charge on any atom is 0.0999 e. The average Bonchev–Trinajstić information content (AvgIpc) is 2.95. The normalized spacial score (nSPS) is 11.1. The molecule has 104 valence electrons. The third-order valence-electron chi connectivity index (χ3n) is 2.81. The van der Waals surface area contributed by atoms with Gasteiger partial charge in [-0.2, -0.15) is 0 Å². The number of aromatic nitrogens is 2. The smallest absolute Gasteiger partial charge is 0.0999 e. The van der Waals surface area contributed by atoms with E-state index in [9.17, 15) is 0 Å². The van der Waals surface area contributed by atoms with Gasteiger partial charge in [0.2, 0.25) is 0 Å². The molecule has 2 aromatic heterocycles. The predicted octanol–water partition coefficient (Wildman–Crippen LogP) is 3.56. The Bertz CT molecular complexity index is 516. The molecule has 0 aliphatic rings. The third-order valence-corrected chi connectivity index (χ3v) is 4.88. The predicted molar refractivity (Wildman–Crippen MR) is 83.1 cm³/mol. The Morgan fingerprint density at radius 1 is 1.21 bits per heavy atom. The van der Waals surface area contributed by atoms with Gasteiger partial charge in [-0.3, -0.25) is 0 Å². The van der Waals surface area contributed by atoms with E-state index in [1.807, 2.05) is 18.3 Å². The number of rotatable bonds is 7. The summed E-state index contributed by atoms with van der Waals surface area (Å²) in [6.45, 7) is 8.34. The van der Waals surface area contributed by atoms with Crippen molar-refractivity contribution in [3.05, 3.63) is 31.7 Å². The van der Waals surface area contributed by atoms with Crippen molar-refractivity contribution in [2.75, 3.05) is 6.54 Å². The van der Waals surface area contributed by atoms with Crippen LogP contribution in [-0.2, 0) is 19.4 Å². The molecule has 0 amide bonds. The van der Waals surface area contributed by atoms with Crippen molar-refractivity contribution in [1.29, 1.82) is 0 Å². The molecule has 0 spiro atoms. The highest BCUT2D eigenvalue weighted by atomic mass is 32.1. The number of aryl methyl sites for hydroxylation is 2. The fourth-order valence-corrected chi connectivity index (χ4v) is 3.89. The molecule has 0 bridgehead atoms. The Labute approximate surface area is 123 Å². The zero-order chi connectivity index (χ0) is 13.7. The Hall–Kier alpha value is -0.780. The minimum Gasteiger partial charge on any atom is -0.312 e. The summed E-state index contributed by atoms with van der Waals surface area (Å²) in [5.74, 6) is 0. The largest absolute Gasteiger partial charge is 0.312 e. The molecule has 0 fully saturated rings. The summed E-state index contributed by atoms with van der Waals surface area (Å²) in [5.41, 5.74) is 2.38. The van der Waals surface area contributed by atoms with Crippen molar-refractivity contribution in [3.8, 4) is 0 Å². The molecule has 0 saturated carbocycles. The van der Waals surface area contributed by atoms with Gasteiger partial charge in [0.05, 0.1) is 22.1 Å². The topological polar surface area (TPSA) is 37.8 Å². The second kappa shape index (κ2) is 7.12. The summed E-state index contributed by atoms with van der Waals surface area (Å²) in [4.78, 5) is 10.7. The maximum absolute atomic E-state index is 4.80. The van der Waals surface area contributed by atoms with Crippen LogP contribution in [-0.4, -0.2) is 16.5 Å². The number of nitrogens with one attached hydrogen (secondary N) is 1. The van der Waals surface area contributed by atoms with Crippen LogP contribution in [0.1, 0.15) is 46.5 Å². The lowest BCUT2D eigenvalue weighted by molar-refractivity contribution is 0.723. The summed E-state index contributed by atoms with van der Waals surface area (Å²) < 4.78 is 0. The van der Waals surface area contributed by atoms with E-state index in [0.29, 0.717) is 0 Å². The van der Waals surface area contributed by atoms with Crippen molar-refractivity contribution < 1.29 is 0 Å². The van der Waals surface area contributed by atoms with E-state index in [-0.39, 0.29) is 0 Å². The van der Waals surface area contributed by atoms with E-state index in [1.165, 1.54) is 20.6 Å². The van der Waals surface area contributed by atoms with E-state index in [2.05, 4.69) is 29.5 Å². The van der Waals surface area contributed by atoms with Crippen LogP contribution in [0.5, 0.6) is 0 Å². The van der Waals surface area contributed by atoms with E-state index < -0.39 is 0 Å². The first-order valence-electron chi connectivity index (χ1n) is 6.82. The minimum atomic E-state index is 0.881. The minimum absolute atomic E-state index is 0.881. The summed E-state index contributed by atoms with van der Waals surface area (Å²) in [6.07, 6.45) is 3.11. The molecule has 0 saturated heterocycles. The molecule has 5 heteroatoms. The number of nitrogens with zero attached hydrogens (tertiary/aromatic N) is 2. The monoisotopic (exact) mass is 295 g/mol. The van der Waals surface area contributed by atoms with Crippen molar-refractivity contribution in [1.82, 2.24) is 15.3 Å². The molecule has 2 heterocycles. The number of hydrogen-bond donors (Lipinski definition) is 1. The van der Waals surface area contributed by atoms with Gasteiger partial charge in [0.15, 0.2) is 0 Å². The van der Waals surface area contributed by atoms with Gasteiger partial charge in [0, 0.05) is 22.5 Å². The highest BCUT2D eigenvalue weighted by Gasteiger charge is 2.11. The highest BCUT2D eigenvalue weighted by Crippen LogP contribution is 2.23. The summed E-state index contributed by atoms with van der Waals surface area (Å²) in [7, 11) is 0. The SMILES string of the molecule is CCCc1nc(Cc2nc(C)cs2)sc1CNCC. The molecule has 3 nitrogen and oxygen atoms in total. The Morgan fingerprint density at radius 3 is 2.68 bits per heavy atom. The molecule has 2 rings (SSSR count). The van der Waals surface area contributed by atoms with Gasteiger partial charge >= 0.3 is 0 Å². The van der Waals surface area contributed by atoms with Gasteiger partial charge in [-0.25, -0.2) is 9.97 Å². The van der Waals surface area contributed by atoms with Crippen LogP contribution in [0, 0.1) is 6.92 Å². The van der Waals surface area contributed by atoms with Crippen LogP contribution >= 0.6 is 22.7 Å². The van der Waals surface area contributed by atoms with Crippen molar-refractivity contribution in [3.63, 3.8) is 0 Å². The zero-order valence-electron chi connectivity index (χ0n) is 11.8. The second-order valence-electron chi connectivity index (χ2n) is 4.57. The van der Waals surface area contributed by atoms with Crippen LogP contribution in [0.25, 0.3) is 0 Å². The van der Waals surface area contributed by atoms with Gasteiger partial charge in [0.1, 0.15) is 0 Å². The van der Waals surface area contributed by atoms with E-state index in [4.69, 9.17) is 4.98 Å². The highest BCUT2D eigenvalue weighted by molar-refractivity contribution is 7.12. The molecule has 19 heavy (non-hydrogen) atoms. The third kappa shape index (κ3) is 4.09. The fourth-order valence-electron chi connectivity index (χ4n) is 1.93. The molecular weight excluding hydrogens is 274 g/mol. The summed E-state index contributed by atoms with van der Waals surface area (Å²) in [6, 6.07) is 0. The lowest BCUT2D eigenvalue weighted by atomic mass is 10.2. The van der Waals surface area contributed by atoms with E-state index in [1.54, 1.807) is 11.3 Å². The molecule has 0 aliphatic carbocycles. The molecule has 0 radical (unpaired) electrons. The van der Waals surface area contributed by atoms with Crippen molar-refractivity contribution >= 4 is 22.7 Å². The van der Waals surface area contributed by atoms with Crippen molar-refractivity contribution in [2.24, 2.45) is 0 Å². The zero-order valence-corrected chi connectivity index (χ0v) is 13.5. The van der Waals surface area contributed by atoms with Crippen molar-refractivity contribution in [2.45, 2.75) is 46.6 Å². The van der Waals surface area contributed by atoms with Crippen LogP contribution in [0.4, 0.5) is 0 Å². The van der Waals surface area contributed by atoms with E-state index >= 15 is 0 Å². The maximum atomic E-state index is 4.80. The second-order valence-corrected chi connectivity index (χ2v) is 6.68. The van der Waals surface area contributed by atoms with Gasteiger partial charge in [-0.15, -0.1) is 22.7 Å². The number of hydrogen-bond acceptors (Lipinski definition) is 5. The average molecular weight is 295 g/mol. The summed E-state index contributed by atoms with van der Waals surface area (Å²) in [5, 5.41) is 7.88.